The van der Waals surface area contributed by atoms with Crippen LogP contribution in [0.1, 0.15) is 19.3 Å². The Hall–Kier alpha value is -0.500. The molecule has 1 heterocycles. The summed E-state index contributed by atoms with van der Waals surface area (Å²) in [6, 6.07) is 0. The molecule has 1 fully saturated rings. The summed E-state index contributed by atoms with van der Waals surface area (Å²) < 4.78 is 0. The fourth-order valence-corrected chi connectivity index (χ4v) is 0.937. The van der Waals surface area contributed by atoms with Crippen LogP contribution in [0.15, 0.2) is 12.8 Å². The number of nitrogens with zero attached hydrogens (tertiary/aromatic N) is 1. The summed E-state index contributed by atoms with van der Waals surface area (Å²) >= 11 is 0. The van der Waals surface area contributed by atoms with E-state index < -0.39 is 0 Å². The summed E-state index contributed by atoms with van der Waals surface area (Å²) in [7, 11) is 0. The van der Waals surface area contributed by atoms with E-state index in [4.69, 9.17) is 4.84 Å². The van der Waals surface area contributed by atoms with Crippen molar-refractivity contribution in [3.05, 3.63) is 12.8 Å². The molecule has 0 spiro atoms. The van der Waals surface area contributed by atoms with E-state index in [2.05, 4.69) is 6.58 Å². The molecule has 52 valence electrons. The Bertz CT molecular complexity index is 84.9. The van der Waals surface area contributed by atoms with Crippen LogP contribution in [0.5, 0.6) is 0 Å². The van der Waals surface area contributed by atoms with Crippen LogP contribution in [-0.2, 0) is 4.84 Å². The average Bonchev–Trinajstić information content (AvgIpc) is 2.13. The maximum Gasteiger partial charge on any atom is 0.0748 e. The maximum absolute atomic E-state index is 5.27. The number of rotatable bonds is 1. The largest absolute Gasteiger partial charge is 0.274 e. The Labute approximate surface area is 56.1 Å². The lowest BCUT2D eigenvalue weighted by Gasteiger charge is -2.14. The Morgan fingerprint density at radius 2 is 2.22 bits per heavy atom. The predicted octanol–water partition coefficient (Wildman–Crippen LogP) is 1.55. The third-order valence-electron chi connectivity index (χ3n) is 1.48. The molecule has 2 heteroatoms. The molecule has 1 aliphatic heterocycles. The van der Waals surface area contributed by atoms with Gasteiger partial charge in [-0.15, -0.1) is 0 Å². The lowest BCUT2D eigenvalue weighted by atomic mass is 10.2. The van der Waals surface area contributed by atoms with Gasteiger partial charge in [0.2, 0.25) is 0 Å². The van der Waals surface area contributed by atoms with Crippen molar-refractivity contribution in [1.29, 1.82) is 0 Å². The van der Waals surface area contributed by atoms with Gasteiger partial charge >= 0.3 is 0 Å². The van der Waals surface area contributed by atoms with Crippen LogP contribution in [0, 0.1) is 0 Å². The van der Waals surface area contributed by atoms with E-state index in [-0.39, 0.29) is 0 Å². The van der Waals surface area contributed by atoms with E-state index in [0.717, 1.165) is 13.2 Å². The summed E-state index contributed by atoms with van der Waals surface area (Å²) in [5, 5.41) is 1.81. The van der Waals surface area contributed by atoms with Gasteiger partial charge in [-0.05, 0) is 19.3 Å². The molecule has 0 unspecified atom stereocenters. The molecule has 9 heavy (non-hydrogen) atoms. The van der Waals surface area contributed by atoms with E-state index in [1.54, 1.807) is 6.20 Å². The van der Waals surface area contributed by atoms with Crippen LogP contribution in [0.25, 0.3) is 0 Å². The molecule has 0 radical (unpaired) electrons. The Balaban J connectivity index is 2.26. The van der Waals surface area contributed by atoms with E-state index in [9.17, 15) is 0 Å². The Kier molecular flexibility index (Phi) is 2.58. The third kappa shape index (κ3) is 2.06. The first-order valence-corrected chi connectivity index (χ1v) is 3.45. The van der Waals surface area contributed by atoms with Gasteiger partial charge in [-0.3, -0.25) is 9.90 Å². The fraction of sp³-hybridized carbons (Fsp3) is 0.714. The lowest BCUT2D eigenvalue weighted by molar-refractivity contribution is -0.111. The molecule has 0 aliphatic carbocycles. The molecule has 1 aliphatic rings. The summed E-state index contributed by atoms with van der Waals surface area (Å²) in [5.41, 5.74) is 0. The molecule has 1 saturated heterocycles. The van der Waals surface area contributed by atoms with Crippen LogP contribution in [0.2, 0.25) is 0 Å². The highest BCUT2D eigenvalue weighted by molar-refractivity contribution is 4.64. The van der Waals surface area contributed by atoms with Crippen molar-refractivity contribution in [3.8, 4) is 0 Å². The molecule has 0 aromatic rings. The fourth-order valence-electron chi connectivity index (χ4n) is 0.937. The SMILES string of the molecule is C=CN1CCCCCO1. The smallest absolute Gasteiger partial charge is 0.0748 e. The second-order valence-corrected chi connectivity index (χ2v) is 2.22. The molecule has 0 bridgehead atoms. The van der Waals surface area contributed by atoms with Crippen LogP contribution >= 0.6 is 0 Å². The van der Waals surface area contributed by atoms with E-state index in [0.29, 0.717) is 0 Å². The number of hydrogen-bond donors (Lipinski definition) is 0. The minimum atomic E-state index is 0.853. The Morgan fingerprint density at radius 3 is 3.00 bits per heavy atom. The number of hydrogen-bond acceptors (Lipinski definition) is 2. The van der Waals surface area contributed by atoms with Crippen molar-refractivity contribution in [2.45, 2.75) is 19.3 Å². The molecular weight excluding hydrogens is 114 g/mol. The van der Waals surface area contributed by atoms with Gasteiger partial charge in [0.25, 0.3) is 0 Å². The lowest BCUT2D eigenvalue weighted by Crippen LogP contribution is -2.16. The van der Waals surface area contributed by atoms with E-state index >= 15 is 0 Å². The molecule has 0 saturated carbocycles. The molecule has 1 rings (SSSR count). The number of hydroxylamine groups is 2. The van der Waals surface area contributed by atoms with Crippen LogP contribution in [-0.4, -0.2) is 18.2 Å². The van der Waals surface area contributed by atoms with Crippen LogP contribution in [0.4, 0.5) is 0 Å². The van der Waals surface area contributed by atoms with Crippen molar-refractivity contribution < 1.29 is 4.84 Å². The quantitative estimate of drug-likeness (QED) is 0.530. The van der Waals surface area contributed by atoms with Crippen molar-refractivity contribution in [1.82, 2.24) is 5.06 Å². The third-order valence-corrected chi connectivity index (χ3v) is 1.48. The minimum Gasteiger partial charge on any atom is -0.274 e. The molecule has 0 N–H and O–H groups in total. The summed E-state index contributed by atoms with van der Waals surface area (Å²) in [6.45, 7) is 5.48. The summed E-state index contributed by atoms with van der Waals surface area (Å²) in [5.74, 6) is 0. The first-order chi connectivity index (χ1) is 4.43. The molecule has 0 aromatic heterocycles. The van der Waals surface area contributed by atoms with Gasteiger partial charge in [0, 0.05) is 12.7 Å². The Morgan fingerprint density at radius 1 is 1.33 bits per heavy atom. The molecule has 0 atom stereocenters. The van der Waals surface area contributed by atoms with Crippen molar-refractivity contribution in [2.24, 2.45) is 0 Å². The predicted molar refractivity (Wildman–Crippen MR) is 36.7 cm³/mol. The second-order valence-electron chi connectivity index (χ2n) is 2.22. The zero-order chi connectivity index (χ0) is 6.53. The molecule has 0 amide bonds. The van der Waals surface area contributed by atoms with E-state index in [1.165, 1.54) is 19.3 Å². The highest BCUT2D eigenvalue weighted by atomic mass is 16.7. The zero-order valence-electron chi connectivity index (χ0n) is 5.68. The van der Waals surface area contributed by atoms with Crippen LogP contribution < -0.4 is 0 Å². The maximum atomic E-state index is 5.27. The first-order valence-electron chi connectivity index (χ1n) is 3.45. The standard InChI is InChI=1S/C7H13NO/c1-2-8-6-4-3-5-7-9-8/h2H,1,3-7H2. The van der Waals surface area contributed by atoms with Gasteiger partial charge < -0.3 is 0 Å². The van der Waals surface area contributed by atoms with Gasteiger partial charge in [0.05, 0.1) is 6.61 Å². The van der Waals surface area contributed by atoms with Crippen molar-refractivity contribution >= 4 is 0 Å². The molecule has 2 nitrogen and oxygen atoms in total. The van der Waals surface area contributed by atoms with Gasteiger partial charge in [-0.2, -0.15) is 0 Å². The van der Waals surface area contributed by atoms with Crippen LogP contribution in [0.3, 0.4) is 0 Å². The molecular formula is C7H13NO. The highest BCUT2D eigenvalue weighted by Gasteiger charge is 2.02. The van der Waals surface area contributed by atoms with Gasteiger partial charge in [0.1, 0.15) is 0 Å². The first kappa shape index (κ1) is 6.62. The highest BCUT2D eigenvalue weighted by Crippen LogP contribution is 2.05. The minimum absolute atomic E-state index is 0.853. The monoisotopic (exact) mass is 127 g/mol. The summed E-state index contributed by atoms with van der Waals surface area (Å²) in [4.78, 5) is 5.27. The van der Waals surface area contributed by atoms with Crippen molar-refractivity contribution in [3.63, 3.8) is 0 Å². The summed E-state index contributed by atoms with van der Waals surface area (Å²) in [6.07, 6.45) is 5.44. The van der Waals surface area contributed by atoms with Crippen molar-refractivity contribution in [2.75, 3.05) is 13.2 Å². The second kappa shape index (κ2) is 3.51. The normalized spacial score (nSPS) is 21.1. The zero-order valence-corrected chi connectivity index (χ0v) is 5.68. The molecule has 0 aromatic carbocycles. The van der Waals surface area contributed by atoms with E-state index in [1.807, 2.05) is 5.06 Å². The average molecular weight is 127 g/mol. The van der Waals surface area contributed by atoms with Gasteiger partial charge in [0.15, 0.2) is 0 Å². The topological polar surface area (TPSA) is 12.5 Å². The van der Waals surface area contributed by atoms with Gasteiger partial charge in [-0.1, -0.05) is 6.58 Å². The van der Waals surface area contributed by atoms with Gasteiger partial charge in [-0.25, -0.2) is 0 Å².